The van der Waals surface area contributed by atoms with Crippen LogP contribution in [0.4, 0.5) is 10.2 Å². The molecule has 2 heterocycles. The van der Waals surface area contributed by atoms with Gasteiger partial charge in [-0.05, 0) is 24.6 Å². The van der Waals surface area contributed by atoms with E-state index in [-0.39, 0.29) is 11.9 Å². The molecule has 1 saturated heterocycles. The van der Waals surface area contributed by atoms with Gasteiger partial charge < -0.3 is 25.0 Å². The minimum atomic E-state index is -0.305. The van der Waals surface area contributed by atoms with Gasteiger partial charge in [0.1, 0.15) is 23.5 Å². The zero-order valence-electron chi connectivity index (χ0n) is 17.6. The van der Waals surface area contributed by atoms with Crippen molar-refractivity contribution < 1.29 is 13.9 Å². The van der Waals surface area contributed by atoms with E-state index in [4.69, 9.17) is 9.47 Å². The van der Waals surface area contributed by atoms with Crippen LogP contribution in [0.25, 0.3) is 0 Å². The Morgan fingerprint density at radius 2 is 2.10 bits per heavy atom. The van der Waals surface area contributed by atoms with Crippen LogP contribution in [0.1, 0.15) is 18.9 Å². The molecule has 0 aliphatic carbocycles. The highest BCUT2D eigenvalue weighted by atomic mass is 19.1. The van der Waals surface area contributed by atoms with Crippen LogP contribution < -0.4 is 20.3 Å². The van der Waals surface area contributed by atoms with Crippen LogP contribution in [0.5, 0.6) is 5.75 Å². The van der Waals surface area contributed by atoms with Crippen LogP contribution >= 0.6 is 0 Å². The lowest BCUT2D eigenvalue weighted by Crippen LogP contribution is -2.42. The van der Waals surface area contributed by atoms with Gasteiger partial charge in [-0.3, -0.25) is 4.99 Å². The number of aliphatic imine (C=N–C) groups is 1. The highest BCUT2D eigenvalue weighted by Gasteiger charge is 2.16. The number of halogens is 1. The summed E-state index contributed by atoms with van der Waals surface area (Å²) in [7, 11) is 1.73. The summed E-state index contributed by atoms with van der Waals surface area (Å²) in [5.74, 6) is 1.87. The molecule has 1 aliphatic heterocycles. The molecule has 0 radical (unpaired) electrons. The summed E-state index contributed by atoms with van der Waals surface area (Å²) < 4.78 is 24.7. The molecular formula is C22H30FN5O2. The number of morpholine rings is 1. The Labute approximate surface area is 177 Å². The van der Waals surface area contributed by atoms with Crippen molar-refractivity contribution in [2.24, 2.45) is 4.99 Å². The van der Waals surface area contributed by atoms with Gasteiger partial charge in [0, 0.05) is 44.5 Å². The number of guanidine groups is 1. The number of anilines is 1. The molecule has 1 fully saturated rings. The summed E-state index contributed by atoms with van der Waals surface area (Å²) in [4.78, 5) is 11.1. The van der Waals surface area contributed by atoms with E-state index >= 15 is 0 Å². The molecule has 8 heteroatoms. The maximum atomic E-state index is 13.4. The van der Waals surface area contributed by atoms with Gasteiger partial charge in [0.05, 0.1) is 19.8 Å². The van der Waals surface area contributed by atoms with Crippen molar-refractivity contribution in [2.45, 2.75) is 26.0 Å². The first-order chi connectivity index (χ1) is 14.7. The van der Waals surface area contributed by atoms with E-state index in [0.717, 1.165) is 44.1 Å². The van der Waals surface area contributed by atoms with Gasteiger partial charge in [0.15, 0.2) is 5.96 Å². The molecule has 30 heavy (non-hydrogen) atoms. The zero-order chi connectivity index (χ0) is 21.2. The van der Waals surface area contributed by atoms with Crippen molar-refractivity contribution >= 4 is 11.8 Å². The lowest BCUT2D eigenvalue weighted by Gasteiger charge is -2.29. The molecular weight excluding hydrogens is 385 g/mol. The van der Waals surface area contributed by atoms with Crippen LogP contribution in [-0.2, 0) is 11.3 Å². The van der Waals surface area contributed by atoms with E-state index in [9.17, 15) is 4.39 Å². The van der Waals surface area contributed by atoms with E-state index < -0.39 is 0 Å². The molecule has 0 bridgehead atoms. The van der Waals surface area contributed by atoms with E-state index in [1.54, 1.807) is 19.2 Å². The van der Waals surface area contributed by atoms with Crippen molar-refractivity contribution in [3.05, 3.63) is 54.0 Å². The van der Waals surface area contributed by atoms with Crippen molar-refractivity contribution in [1.29, 1.82) is 0 Å². The maximum Gasteiger partial charge on any atom is 0.191 e. The summed E-state index contributed by atoms with van der Waals surface area (Å²) in [5.41, 5.74) is 1.10. The average Bonchev–Trinajstić information content (AvgIpc) is 2.79. The quantitative estimate of drug-likeness (QED) is 0.510. The van der Waals surface area contributed by atoms with E-state index in [1.165, 1.54) is 12.1 Å². The zero-order valence-corrected chi connectivity index (χ0v) is 17.6. The Morgan fingerprint density at radius 1 is 1.27 bits per heavy atom. The molecule has 0 spiro atoms. The standard InChI is InChI=1S/C22H30FN5O2/c1-3-19(30-20-8-4-7-18(23)14-20)16-27-22(24-2)26-15-17-6-5-9-25-21(17)28-10-12-29-13-11-28/h4-9,14,19H,3,10-13,15-16H2,1-2H3,(H2,24,26,27). The Bertz CT molecular complexity index is 827. The maximum absolute atomic E-state index is 13.4. The first-order valence-corrected chi connectivity index (χ1v) is 10.3. The van der Waals surface area contributed by atoms with Crippen LogP contribution in [0.2, 0.25) is 0 Å². The molecule has 7 nitrogen and oxygen atoms in total. The molecule has 1 aromatic carbocycles. The number of hydrogen-bond donors (Lipinski definition) is 2. The fraction of sp³-hybridized carbons (Fsp3) is 0.455. The summed E-state index contributed by atoms with van der Waals surface area (Å²) in [6.07, 6.45) is 2.49. The van der Waals surface area contributed by atoms with Gasteiger partial charge in [-0.2, -0.15) is 0 Å². The number of benzene rings is 1. The normalized spacial score (nSPS) is 15.6. The average molecular weight is 416 g/mol. The topological polar surface area (TPSA) is 71.0 Å². The largest absolute Gasteiger partial charge is 0.489 e. The predicted molar refractivity (Wildman–Crippen MR) is 117 cm³/mol. The predicted octanol–water partition coefficient (Wildman–Crippen LogP) is 2.58. The second-order valence-corrected chi connectivity index (χ2v) is 7.00. The van der Waals surface area contributed by atoms with E-state index in [2.05, 4.69) is 31.6 Å². The third-order valence-corrected chi connectivity index (χ3v) is 4.90. The molecule has 1 atom stereocenters. The number of nitrogens with zero attached hydrogens (tertiary/aromatic N) is 3. The minimum absolute atomic E-state index is 0.104. The number of nitrogens with one attached hydrogen (secondary N) is 2. The summed E-state index contributed by atoms with van der Waals surface area (Å²) in [6.45, 7) is 6.30. The highest BCUT2D eigenvalue weighted by molar-refractivity contribution is 5.79. The van der Waals surface area contributed by atoms with E-state index in [1.807, 2.05) is 19.2 Å². The molecule has 1 aromatic heterocycles. The fourth-order valence-corrected chi connectivity index (χ4v) is 3.24. The molecule has 2 N–H and O–H groups in total. The van der Waals surface area contributed by atoms with Crippen molar-refractivity contribution in [3.8, 4) is 5.75 Å². The molecule has 0 saturated carbocycles. The van der Waals surface area contributed by atoms with Crippen LogP contribution in [0.15, 0.2) is 47.6 Å². The van der Waals surface area contributed by atoms with Crippen LogP contribution in [0, 0.1) is 5.82 Å². The second-order valence-electron chi connectivity index (χ2n) is 7.00. The third-order valence-electron chi connectivity index (χ3n) is 4.90. The number of rotatable bonds is 8. The minimum Gasteiger partial charge on any atom is -0.489 e. The van der Waals surface area contributed by atoms with Gasteiger partial charge in [-0.1, -0.05) is 19.1 Å². The molecule has 0 amide bonds. The number of pyridine rings is 1. The summed E-state index contributed by atoms with van der Waals surface area (Å²) in [6, 6.07) is 10.2. The van der Waals surface area contributed by atoms with Gasteiger partial charge in [0.25, 0.3) is 0 Å². The van der Waals surface area contributed by atoms with Gasteiger partial charge in [-0.15, -0.1) is 0 Å². The van der Waals surface area contributed by atoms with Gasteiger partial charge >= 0.3 is 0 Å². The Hall–Kier alpha value is -2.87. The molecule has 1 unspecified atom stereocenters. The molecule has 2 aromatic rings. The summed E-state index contributed by atoms with van der Waals surface area (Å²) >= 11 is 0. The van der Waals surface area contributed by atoms with Gasteiger partial charge in [0.2, 0.25) is 0 Å². The number of hydrogen-bond acceptors (Lipinski definition) is 5. The highest BCUT2D eigenvalue weighted by Crippen LogP contribution is 2.18. The lowest BCUT2D eigenvalue weighted by atomic mass is 10.2. The first-order valence-electron chi connectivity index (χ1n) is 10.3. The molecule has 162 valence electrons. The molecule has 1 aliphatic rings. The van der Waals surface area contributed by atoms with Crippen LogP contribution in [-0.4, -0.2) is 56.9 Å². The van der Waals surface area contributed by atoms with Crippen molar-refractivity contribution in [1.82, 2.24) is 15.6 Å². The smallest absolute Gasteiger partial charge is 0.191 e. The van der Waals surface area contributed by atoms with Gasteiger partial charge in [-0.25, -0.2) is 9.37 Å². The van der Waals surface area contributed by atoms with E-state index in [0.29, 0.717) is 24.8 Å². The Balaban J connectivity index is 1.53. The Morgan fingerprint density at radius 3 is 2.83 bits per heavy atom. The summed E-state index contributed by atoms with van der Waals surface area (Å²) in [5, 5.41) is 6.63. The molecule has 3 rings (SSSR count). The lowest BCUT2D eigenvalue weighted by molar-refractivity contribution is 0.122. The van der Waals surface area contributed by atoms with Crippen molar-refractivity contribution in [2.75, 3.05) is 44.8 Å². The first kappa shape index (κ1) is 21.8. The third kappa shape index (κ3) is 6.32. The number of aromatic nitrogens is 1. The van der Waals surface area contributed by atoms with Crippen LogP contribution in [0.3, 0.4) is 0 Å². The van der Waals surface area contributed by atoms with Crippen molar-refractivity contribution in [3.63, 3.8) is 0 Å². The number of ether oxygens (including phenoxy) is 2. The fourth-order valence-electron chi connectivity index (χ4n) is 3.24. The second kappa shape index (κ2) is 11.3. The SMILES string of the molecule is CCC(CNC(=NC)NCc1cccnc1N1CCOCC1)Oc1cccc(F)c1. The monoisotopic (exact) mass is 415 g/mol. The Kier molecular flexibility index (Phi) is 8.26.